The number of hydrogen-bond acceptors (Lipinski definition) is 7. The second-order valence-corrected chi connectivity index (χ2v) is 4.71. The molecule has 0 aromatic carbocycles. The van der Waals surface area contributed by atoms with Crippen molar-refractivity contribution in [3.63, 3.8) is 0 Å². The van der Waals surface area contributed by atoms with Gasteiger partial charge in [-0.05, 0) is 0 Å². The van der Waals surface area contributed by atoms with Crippen LogP contribution in [0.25, 0.3) is 0 Å². The molecule has 17 heavy (non-hydrogen) atoms. The van der Waals surface area contributed by atoms with Crippen LogP contribution in [-0.2, 0) is 33.2 Å². The molecule has 0 unspecified atom stereocenters. The normalized spacial score (nSPS) is 11.9. The first kappa shape index (κ1) is 16.8. The fourth-order valence-electron chi connectivity index (χ4n) is 0.826. The van der Waals surface area contributed by atoms with Crippen molar-refractivity contribution in [2.75, 3.05) is 59.8 Å². The van der Waals surface area contributed by atoms with Crippen molar-refractivity contribution >= 4 is 10.1 Å². The molecule has 0 aliphatic carbocycles. The third-order valence-corrected chi connectivity index (χ3v) is 2.07. The summed E-state index contributed by atoms with van der Waals surface area (Å²) in [6, 6.07) is 0. The fraction of sp³-hybridized carbons (Fsp3) is 1.00. The average molecular weight is 272 g/mol. The molecule has 0 rings (SSSR count). The quantitative estimate of drug-likeness (QED) is 0.272. The van der Waals surface area contributed by atoms with Gasteiger partial charge in [0, 0.05) is 7.11 Å². The third kappa shape index (κ3) is 15.8. The largest absolute Gasteiger partial charge is 0.377 e. The van der Waals surface area contributed by atoms with Gasteiger partial charge in [-0.1, -0.05) is 0 Å². The summed E-state index contributed by atoms with van der Waals surface area (Å²) < 4.78 is 45.5. The first-order chi connectivity index (χ1) is 8.06. The summed E-state index contributed by atoms with van der Waals surface area (Å²) >= 11 is 0. The van der Waals surface area contributed by atoms with Crippen molar-refractivity contribution in [1.82, 2.24) is 0 Å². The molecule has 0 N–H and O–H groups in total. The van der Waals surface area contributed by atoms with Crippen LogP contribution in [0.4, 0.5) is 0 Å². The maximum Gasteiger partial charge on any atom is 0.264 e. The molecule has 0 amide bonds. The highest BCUT2D eigenvalue weighted by atomic mass is 32.2. The molecule has 0 heterocycles. The van der Waals surface area contributed by atoms with E-state index >= 15 is 0 Å². The van der Waals surface area contributed by atoms with Gasteiger partial charge in [-0.2, -0.15) is 8.42 Å². The SMILES string of the molecule is COCOCCOCCOCCOS(C)(=O)=O. The van der Waals surface area contributed by atoms with Gasteiger partial charge in [0.05, 0.1) is 45.9 Å². The van der Waals surface area contributed by atoms with E-state index in [1.165, 1.54) is 0 Å². The van der Waals surface area contributed by atoms with E-state index in [1.54, 1.807) is 7.11 Å². The van der Waals surface area contributed by atoms with E-state index in [0.29, 0.717) is 26.4 Å². The molecule has 0 aliphatic rings. The zero-order valence-corrected chi connectivity index (χ0v) is 11.0. The van der Waals surface area contributed by atoms with Gasteiger partial charge < -0.3 is 18.9 Å². The highest BCUT2D eigenvalue weighted by Crippen LogP contribution is 1.87. The Hall–Kier alpha value is -0.250. The van der Waals surface area contributed by atoms with Crippen LogP contribution in [0.2, 0.25) is 0 Å². The molecule has 0 aromatic rings. The van der Waals surface area contributed by atoms with Crippen molar-refractivity contribution in [2.24, 2.45) is 0 Å². The number of methoxy groups -OCH3 is 1. The Balaban J connectivity index is 3.04. The van der Waals surface area contributed by atoms with Crippen molar-refractivity contribution in [3.05, 3.63) is 0 Å². The summed E-state index contributed by atoms with van der Waals surface area (Å²) in [4.78, 5) is 0. The Morgan fingerprint density at radius 1 is 0.824 bits per heavy atom. The Morgan fingerprint density at radius 3 is 1.76 bits per heavy atom. The smallest absolute Gasteiger partial charge is 0.264 e. The van der Waals surface area contributed by atoms with Crippen LogP contribution >= 0.6 is 0 Å². The van der Waals surface area contributed by atoms with E-state index in [0.717, 1.165) is 6.26 Å². The van der Waals surface area contributed by atoms with Gasteiger partial charge in [0.15, 0.2) is 0 Å². The molecule has 0 saturated carbocycles. The average Bonchev–Trinajstić information content (AvgIpc) is 2.24. The zero-order chi connectivity index (χ0) is 13.0. The number of rotatable bonds is 12. The van der Waals surface area contributed by atoms with E-state index in [-0.39, 0.29) is 20.0 Å². The molecule has 8 heteroatoms. The molecule has 104 valence electrons. The van der Waals surface area contributed by atoms with Crippen molar-refractivity contribution < 1.29 is 31.5 Å². The summed E-state index contributed by atoms with van der Waals surface area (Å²) in [5.41, 5.74) is 0. The second kappa shape index (κ2) is 10.9. The summed E-state index contributed by atoms with van der Waals surface area (Å²) in [6.45, 7) is 2.24. The van der Waals surface area contributed by atoms with Crippen molar-refractivity contribution in [2.45, 2.75) is 0 Å². The van der Waals surface area contributed by atoms with Crippen LogP contribution < -0.4 is 0 Å². The number of hydrogen-bond donors (Lipinski definition) is 0. The van der Waals surface area contributed by atoms with Gasteiger partial charge in [0.1, 0.15) is 6.79 Å². The monoisotopic (exact) mass is 272 g/mol. The van der Waals surface area contributed by atoms with Crippen LogP contribution in [0, 0.1) is 0 Å². The molecule has 0 aliphatic heterocycles. The van der Waals surface area contributed by atoms with Gasteiger partial charge in [0.25, 0.3) is 10.1 Å². The maximum absolute atomic E-state index is 10.6. The van der Waals surface area contributed by atoms with Gasteiger partial charge in [0.2, 0.25) is 0 Å². The van der Waals surface area contributed by atoms with Crippen LogP contribution in [0.5, 0.6) is 0 Å². The third-order valence-electron chi connectivity index (χ3n) is 1.47. The molecule has 7 nitrogen and oxygen atoms in total. The topological polar surface area (TPSA) is 80.3 Å². The van der Waals surface area contributed by atoms with Crippen molar-refractivity contribution in [3.8, 4) is 0 Å². The Labute approximate surface area is 102 Å². The standard InChI is InChI=1S/C9H20O7S/c1-12-9-15-6-5-13-3-4-14-7-8-16-17(2,10)11/h3-9H2,1-2H3. The van der Waals surface area contributed by atoms with Gasteiger partial charge >= 0.3 is 0 Å². The molecule has 0 saturated heterocycles. The Kier molecular flexibility index (Phi) is 10.7. The van der Waals surface area contributed by atoms with Crippen LogP contribution in [0.3, 0.4) is 0 Å². The van der Waals surface area contributed by atoms with E-state index in [1.807, 2.05) is 0 Å². The fourth-order valence-corrected chi connectivity index (χ4v) is 1.20. The second-order valence-electron chi connectivity index (χ2n) is 3.07. The van der Waals surface area contributed by atoms with Gasteiger partial charge in [-0.25, -0.2) is 0 Å². The predicted molar refractivity (Wildman–Crippen MR) is 60.3 cm³/mol. The first-order valence-corrected chi connectivity index (χ1v) is 6.94. The lowest BCUT2D eigenvalue weighted by Gasteiger charge is -2.06. The maximum atomic E-state index is 10.6. The van der Waals surface area contributed by atoms with Gasteiger partial charge in [-0.3, -0.25) is 4.18 Å². The van der Waals surface area contributed by atoms with Gasteiger partial charge in [-0.15, -0.1) is 0 Å². The summed E-state index contributed by atoms with van der Waals surface area (Å²) in [6.07, 6.45) is 0.996. The molecule has 0 bridgehead atoms. The lowest BCUT2D eigenvalue weighted by atomic mass is 10.7. The summed E-state index contributed by atoms with van der Waals surface area (Å²) in [5.74, 6) is 0. The molecule has 0 aromatic heterocycles. The Morgan fingerprint density at radius 2 is 1.29 bits per heavy atom. The highest BCUT2D eigenvalue weighted by Gasteiger charge is 2.00. The van der Waals surface area contributed by atoms with E-state index in [4.69, 9.17) is 14.2 Å². The molecule has 0 spiro atoms. The summed E-state index contributed by atoms with van der Waals surface area (Å²) in [5, 5.41) is 0. The molecular weight excluding hydrogens is 252 g/mol. The van der Waals surface area contributed by atoms with E-state index in [9.17, 15) is 8.42 Å². The molecule has 0 atom stereocenters. The zero-order valence-electron chi connectivity index (χ0n) is 10.2. The summed E-state index contributed by atoms with van der Waals surface area (Å²) in [7, 11) is -1.83. The highest BCUT2D eigenvalue weighted by molar-refractivity contribution is 7.85. The van der Waals surface area contributed by atoms with Crippen molar-refractivity contribution in [1.29, 1.82) is 0 Å². The van der Waals surface area contributed by atoms with Crippen LogP contribution in [-0.4, -0.2) is 68.2 Å². The predicted octanol–water partition coefficient (Wildman–Crippen LogP) is -0.384. The minimum Gasteiger partial charge on any atom is -0.377 e. The van der Waals surface area contributed by atoms with Crippen LogP contribution in [0.15, 0.2) is 0 Å². The minimum absolute atomic E-state index is 0.0236. The molecule has 0 fully saturated rings. The van der Waals surface area contributed by atoms with E-state index < -0.39 is 10.1 Å². The molecular formula is C9H20O7S. The lowest BCUT2D eigenvalue weighted by Crippen LogP contribution is -2.13. The number of ether oxygens (including phenoxy) is 4. The molecule has 0 radical (unpaired) electrons. The van der Waals surface area contributed by atoms with E-state index in [2.05, 4.69) is 8.92 Å². The minimum atomic E-state index is -3.37. The first-order valence-electron chi connectivity index (χ1n) is 5.13. The van der Waals surface area contributed by atoms with Crippen LogP contribution in [0.1, 0.15) is 0 Å². The lowest BCUT2D eigenvalue weighted by molar-refractivity contribution is -0.0557. The Bertz CT molecular complexity index is 252.